The molecule has 0 atom stereocenters. The van der Waals surface area contributed by atoms with Gasteiger partial charge in [-0.15, -0.1) is 0 Å². The fraction of sp³-hybridized carbons (Fsp3) is 0.462. The van der Waals surface area contributed by atoms with Gasteiger partial charge in [-0.1, -0.05) is 18.2 Å². The van der Waals surface area contributed by atoms with Gasteiger partial charge in [0, 0.05) is 24.3 Å². The number of aliphatic carboxylic acids is 1. The molecule has 0 bridgehead atoms. The molecule has 0 aromatic heterocycles. The zero-order chi connectivity index (χ0) is 13.2. The second kappa shape index (κ2) is 4.92. The van der Waals surface area contributed by atoms with Crippen LogP contribution in [0.25, 0.3) is 0 Å². The minimum Gasteiger partial charge on any atom is -0.481 e. The Morgan fingerprint density at radius 1 is 1.28 bits per heavy atom. The molecule has 1 fully saturated rings. The first kappa shape index (κ1) is 12.8. The Kier molecular flexibility index (Phi) is 3.50. The third-order valence-electron chi connectivity index (χ3n) is 3.12. The van der Waals surface area contributed by atoms with Crippen LogP contribution in [-0.2, 0) is 10.7 Å². The van der Waals surface area contributed by atoms with E-state index in [2.05, 4.69) is 0 Å². The highest BCUT2D eigenvalue weighted by atomic mass is 19.3. The normalized spacial score (nSPS) is 16.0. The molecule has 1 aliphatic rings. The SMILES string of the molecule is O=C(O)CC(F)(F)c1ccccc1N1CCCC1. The van der Waals surface area contributed by atoms with E-state index in [1.165, 1.54) is 12.1 Å². The van der Waals surface area contributed by atoms with Gasteiger partial charge in [0.25, 0.3) is 5.92 Å². The number of nitrogens with zero attached hydrogens (tertiary/aromatic N) is 1. The van der Waals surface area contributed by atoms with E-state index in [-0.39, 0.29) is 5.56 Å². The molecule has 0 unspecified atom stereocenters. The van der Waals surface area contributed by atoms with Crippen LogP contribution in [0.5, 0.6) is 0 Å². The van der Waals surface area contributed by atoms with Crippen molar-refractivity contribution < 1.29 is 18.7 Å². The number of anilines is 1. The van der Waals surface area contributed by atoms with Crippen molar-refractivity contribution in [2.75, 3.05) is 18.0 Å². The Morgan fingerprint density at radius 3 is 2.50 bits per heavy atom. The molecule has 18 heavy (non-hydrogen) atoms. The highest BCUT2D eigenvalue weighted by Gasteiger charge is 2.37. The minimum atomic E-state index is -3.33. The second-order valence-corrected chi connectivity index (χ2v) is 4.49. The maximum atomic E-state index is 13.9. The lowest BCUT2D eigenvalue weighted by atomic mass is 10.0. The first-order chi connectivity index (χ1) is 8.50. The summed E-state index contributed by atoms with van der Waals surface area (Å²) in [4.78, 5) is 12.4. The summed E-state index contributed by atoms with van der Waals surface area (Å²) in [6, 6.07) is 6.17. The smallest absolute Gasteiger partial charge is 0.309 e. The quantitative estimate of drug-likeness (QED) is 0.899. The van der Waals surface area contributed by atoms with Crippen LogP contribution in [0.2, 0.25) is 0 Å². The van der Waals surface area contributed by atoms with Crippen molar-refractivity contribution in [3.8, 4) is 0 Å². The number of carbonyl (C=O) groups is 1. The number of para-hydroxylation sites is 1. The molecule has 2 rings (SSSR count). The van der Waals surface area contributed by atoms with E-state index in [1.54, 1.807) is 12.1 Å². The van der Waals surface area contributed by atoms with Gasteiger partial charge in [-0.25, -0.2) is 8.78 Å². The fourth-order valence-electron chi connectivity index (χ4n) is 2.30. The molecule has 1 aromatic rings. The predicted octanol–water partition coefficient (Wildman–Crippen LogP) is 2.85. The summed E-state index contributed by atoms with van der Waals surface area (Å²) >= 11 is 0. The number of alkyl halides is 2. The summed E-state index contributed by atoms with van der Waals surface area (Å²) in [6.45, 7) is 1.50. The molecule has 1 heterocycles. The molecular formula is C13H15F2NO2. The van der Waals surface area contributed by atoms with E-state index in [0.717, 1.165) is 25.9 Å². The highest BCUT2D eigenvalue weighted by molar-refractivity contribution is 5.69. The zero-order valence-electron chi connectivity index (χ0n) is 9.90. The van der Waals surface area contributed by atoms with Gasteiger partial charge in [0.1, 0.15) is 6.42 Å². The summed E-state index contributed by atoms with van der Waals surface area (Å²) in [5.74, 6) is -4.82. The summed E-state index contributed by atoms with van der Waals surface area (Å²) in [7, 11) is 0. The van der Waals surface area contributed by atoms with Crippen LogP contribution < -0.4 is 4.90 Å². The van der Waals surface area contributed by atoms with Crippen molar-refractivity contribution >= 4 is 11.7 Å². The van der Waals surface area contributed by atoms with Gasteiger partial charge in [0.15, 0.2) is 0 Å². The van der Waals surface area contributed by atoms with E-state index in [1.807, 2.05) is 4.90 Å². The molecular weight excluding hydrogens is 240 g/mol. The van der Waals surface area contributed by atoms with Crippen molar-refractivity contribution in [2.45, 2.75) is 25.2 Å². The van der Waals surface area contributed by atoms with E-state index >= 15 is 0 Å². The van der Waals surface area contributed by atoms with Gasteiger partial charge in [-0.2, -0.15) is 0 Å². The average molecular weight is 255 g/mol. The third kappa shape index (κ3) is 2.60. The van der Waals surface area contributed by atoms with Crippen LogP contribution in [0.3, 0.4) is 0 Å². The number of hydrogen-bond acceptors (Lipinski definition) is 2. The molecule has 1 N–H and O–H groups in total. The number of benzene rings is 1. The summed E-state index contributed by atoms with van der Waals surface area (Å²) in [5.41, 5.74) is 0.274. The molecule has 0 saturated carbocycles. The van der Waals surface area contributed by atoms with Gasteiger partial charge >= 0.3 is 5.97 Å². The molecule has 3 nitrogen and oxygen atoms in total. The molecule has 1 aliphatic heterocycles. The number of carboxylic acid groups (broad SMARTS) is 1. The first-order valence-corrected chi connectivity index (χ1v) is 5.95. The largest absolute Gasteiger partial charge is 0.481 e. The van der Waals surface area contributed by atoms with E-state index in [0.29, 0.717) is 5.69 Å². The van der Waals surface area contributed by atoms with Gasteiger partial charge in [-0.05, 0) is 18.9 Å². The van der Waals surface area contributed by atoms with Crippen LogP contribution in [0, 0.1) is 0 Å². The van der Waals surface area contributed by atoms with Gasteiger partial charge < -0.3 is 10.0 Å². The van der Waals surface area contributed by atoms with Crippen LogP contribution in [0.15, 0.2) is 24.3 Å². The van der Waals surface area contributed by atoms with Gasteiger partial charge in [0.05, 0.1) is 0 Å². The summed E-state index contributed by atoms with van der Waals surface area (Å²) in [5, 5.41) is 8.57. The zero-order valence-corrected chi connectivity index (χ0v) is 9.90. The molecule has 1 saturated heterocycles. The van der Waals surface area contributed by atoms with E-state index < -0.39 is 18.3 Å². The monoisotopic (exact) mass is 255 g/mol. The topological polar surface area (TPSA) is 40.5 Å². The fourth-order valence-corrected chi connectivity index (χ4v) is 2.30. The highest BCUT2D eigenvalue weighted by Crippen LogP contribution is 2.38. The van der Waals surface area contributed by atoms with E-state index in [4.69, 9.17) is 5.11 Å². The number of halogens is 2. The second-order valence-electron chi connectivity index (χ2n) is 4.49. The van der Waals surface area contributed by atoms with Crippen molar-refractivity contribution in [1.82, 2.24) is 0 Å². The van der Waals surface area contributed by atoms with Crippen molar-refractivity contribution in [3.63, 3.8) is 0 Å². The summed E-state index contributed by atoms with van der Waals surface area (Å²) in [6.07, 6.45) is 0.801. The van der Waals surface area contributed by atoms with Crippen molar-refractivity contribution in [3.05, 3.63) is 29.8 Å². The van der Waals surface area contributed by atoms with Crippen molar-refractivity contribution in [1.29, 1.82) is 0 Å². The number of hydrogen-bond donors (Lipinski definition) is 1. The van der Waals surface area contributed by atoms with Gasteiger partial charge in [-0.3, -0.25) is 4.79 Å². The average Bonchev–Trinajstić information content (AvgIpc) is 2.80. The Morgan fingerprint density at radius 2 is 1.89 bits per heavy atom. The molecule has 98 valence electrons. The van der Waals surface area contributed by atoms with E-state index in [9.17, 15) is 13.6 Å². The number of rotatable bonds is 4. The molecule has 0 radical (unpaired) electrons. The lowest BCUT2D eigenvalue weighted by Gasteiger charge is -2.25. The van der Waals surface area contributed by atoms with Crippen LogP contribution in [0.4, 0.5) is 14.5 Å². The maximum absolute atomic E-state index is 13.9. The Balaban J connectivity index is 2.34. The Hall–Kier alpha value is -1.65. The predicted molar refractivity (Wildman–Crippen MR) is 64.0 cm³/mol. The summed E-state index contributed by atoms with van der Waals surface area (Å²) < 4.78 is 27.8. The molecule has 0 amide bonds. The van der Waals surface area contributed by atoms with Crippen LogP contribution >= 0.6 is 0 Å². The third-order valence-corrected chi connectivity index (χ3v) is 3.12. The Bertz CT molecular complexity index is 442. The van der Waals surface area contributed by atoms with Crippen molar-refractivity contribution in [2.24, 2.45) is 0 Å². The minimum absolute atomic E-state index is 0.186. The number of carboxylic acids is 1. The first-order valence-electron chi connectivity index (χ1n) is 5.95. The molecule has 0 spiro atoms. The van der Waals surface area contributed by atoms with Gasteiger partial charge in [0.2, 0.25) is 0 Å². The lowest BCUT2D eigenvalue weighted by molar-refractivity contribution is -0.145. The lowest BCUT2D eigenvalue weighted by Crippen LogP contribution is -2.25. The van der Waals surface area contributed by atoms with Crippen LogP contribution in [-0.4, -0.2) is 24.2 Å². The molecule has 0 aliphatic carbocycles. The van der Waals surface area contributed by atoms with Crippen LogP contribution in [0.1, 0.15) is 24.8 Å². The Labute approximate surface area is 104 Å². The molecule has 1 aromatic carbocycles. The maximum Gasteiger partial charge on any atom is 0.309 e. The molecule has 5 heteroatoms. The standard InChI is InChI=1S/C13H15F2NO2/c14-13(15,9-12(17)18)10-5-1-2-6-11(10)16-7-3-4-8-16/h1-2,5-6H,3-4,7-9H2,(H,17,18).